The lowest BCUT2D eigenvalue weighted by atomic mass is 9.80. The summed E-state index contributed by atoms with van der Waals surface area (Å²) < 4.78 is 6.74. The zero-order valence-corrected chi connectivity index (χ0v) is 14.2. The summed E-state index contributed by atoms with van der Waals surface area (Å²) in [6.07, 6.45) is 6.71. The number of carboxylic acids is 1. The van der Waals surface area contributed by atoms with Crippen LogP contribution in [0.15, 0.2) is 4.47 Å². The minimum absolute atomic E-state index is 0.204. The Morgan fingerprint density at radius 3 is 2.43 bits per heavy atom. The van der Waals surface area contributed by atoms with Gasteiger partial charge in [-0.1, -0.05) is 0 Å². The Labute approximate surface area is 133 Å². The number of carboxylic acid groups (broad SMARTS) is 1. The first kappa shape index (κ1) is 14.9. The second-order valence-corrected chi connectivity index (χ2v) is 7.16. The fourth-order valence-electron chi connectivity index (χ4n) is 3.92. The van der Waals surface area contributed by atoms with Crippen molar-refractivity contribution >= 4 is 21.9 Å². The molecule has 1 aromatic carbocycles. The number of hydrogen-bond acceptors (Lipinski definition) is 2. The van der Waals surface area contributed by atoms with Crippen LogP contribution in [0.4, 0.5) is 0 Å². The first-order chi connectivity index (χ1) is 10.00. The van der Waals surface area contributed by atoms with Crippen LogP contribution in [0.1, 0.15) is 54.4 Å². The highest BCUT2D eigenvalue weighted by molar-refractivity contribution is 9.10. The molecular formula is C17H21BrO3. The summed E-state index contributed by atoms with van der Waals surface area (Å²) in [4.78, 5) is 11.3. The highest BCUT2D eigenvalue weighted by Gasteiger charge is 2.49. The summed E-state index contributed by atoms with van der Waals surface area (Å²) in [6.45, 7) is 2.15. The third kappa shape index (κ3) is 2.37. The van der Waals surface area contributed by atoms with Crippen molar-refractivity contribution in [1.82, 2.24) is 0 Å². The second-order valence-electron chi connectivity index (χ2n) is 6.36. The Morgan fingerprint density at radius 2 is 1.90 bits per heavy atom. The largest absolute Gasteiger partial charge is 0.495 e. The first-order valence-electron chi connectivity index (χ1n) is 7.60. The van der Waals surface area contributed by atoms with Crippen molar-refractivity contribution in [3.05, 3.63) is 26.7 Å². The van der Waals surface area contributed by atoms with Crippen molar-refractivity contribution in [2.45, 2.75) is 57.3 Å². The van der Waals surface area contributed by atoms with E-state index >= 15 is 0 Å². The molecule has 3 rings (SSSR count). The third-order valence-corrected chi connectivity index (χ3v) is 5.90. The summed E-state index contributed by atoms with van der Waals surface area (Å²) in [5, 5.41) is 9.26. The van der Waals surface area contributed by atoms with Crippen molar-refractivity contribution in [3.63, 3.8) is 0 Å². The van der Waals surface area contributed by atoms with Crippen LogP contribution in [0, 0.1) is 6.92 Å². The number of methoxy groups -OCH3 is 1. The van der Waals surface area contributed by atoms with Gasteiger partial charge in [0.2, 0.25) is 0 Å². The zero-order valence-electron chi connectivity index (χ0n) is 12.6. The minimum atomic E-state index is -0.720. The number of ether oxygens (including phenoxy) is 1. The van der Waals surface area contributed by atoms with E-state index in [0.717, 1.165) is 41.5 Å². The first-order valence-corrected chi connectivity index (χ1v) is 8.39. The molecule has 2 aliphatic rings. The van der Waals surface area contributed by atoms with Crippen LogP contribution in [0.3, 0.4) is 0 Å². The molecule has 1 fully saturated rings. The molecule has 0 amide bonds. The van der Waals surface area contributed by atoms with E-state index in [0.29, 0.717) is 0 Å². The van der Waals surface area contributed by atoms with Gasteiger partial charge in [-0.15, -0.1) is 0 Å². The number of carbonyl (C=O) groups is 1. The molecule has 0 atom stereocenters. The molecule has 1 aromatic rings. The highest BCUT2D eigenvalue weighted by Crippen LogP contribution is 2.57. The maximum atomic E-state index is 11.3. The van der Waals surface area contributed by atoms with Crippen LogP contribution in [0.25, 0.3) is 0 Å². The SMILES string of the molecule is COc1c(Br)c2c(c(C)c1C1(CC(=O)O)CC1)CCCC2. The molecule has 114 valence electrons. The fourth-order valence-corrected chi connectivity index (χ4v) is 4.71. The molecule has 0 radical (unpaired) electrons. The molecule has 4 heteroatoms. The van der Waals surface area contributed by atoms with E-state index < -0.39 is 5.97 Å². The Hall–Kier alpha value is -1.03. The van der Waals surface area contributed by atoms with Crippen LogP contribution >= 0.6 is 15.9 Å². The minimum Gasteiger partial charge on any atom is -0.495 e. The Morgan fingerprint density at radius 1 is 1.29 bits per heavy atom. The van der Waals surface area contributed by atoms with Gasteiger partial charge in [-0.3, -0.25) is 4.79 Å². The van der Waals surface area contributed by atoms with Gasteiger partial charge in [-0.25, -0.2) is 0 Å². The van der Waals surface area contributed by atoms with Crippen molar-refractivity contribution in [3.8, 4) is 5.75 Å². The van der Waals surface area contributed by atoms with Gasteiger partial charge in [0.05, 0.1) is 18.0 Å². The summed E-state index contributed by atoms with van der Waals surface area (Å²) in [7, 11) is 1.69. The van der Waals surface area contributed by atoms with Gasteiger partial charge in [0.25, 0.3) is 0 Å². The van der Waals surface area contributed by atoms with Gasteiger partial charge in [0.1, 0.15) is 5.75 Å². The predicted molar refractivity (Wildman–Crippen MR) is 85.2 cm³/mol. The van der Waals surface area contributed by atoms with E-state index in [4.69, 9.17) is 4.74 Å². The van der Waals surface area contributed by atoms with Gasteiger partial charge >= 0.3 is 5.97 Å². The third-order valence-electron chi connectivity index (χ3n) is 5.06. The molecule has 0 heterocycles. The molecule has 0 bridgehead atoms. The second kappa shape index (κ2) is 5.31. The number of halogens is 1. The zero-order chi connectivity index (χ0) is 15.2. The molecule has 0 aromatic heterocycles. The normalized spacial score (nSPS) is 19.0. The van der Waals surface area contributed by atoms with Crippen LogP contribution in [-0.4, -0.2) is 18.2 Å². The quantitative estimate of drug-likeness (QED) is 0.885. The van der Waals surface area contributed by atoms with E-state index in [2.05, 4.69) is 22.9 Å². The lowest BCUT2D eigenvalue weighted by Crippen LogP contribution is -2.19. The van der Waals surface area contributed by atoms with Crippen molar-refractivity contribution in [2.75, 3.05) is 7.11 Å². The molecule has 0 aliphatic heterocycles. The molecule has 0 unspecified atom stereocenters. The maximum absolute atomic E-state index is 11.3. The average molecular weight is 353 g/mol. The van der Waals surface area contributed by atoms with Crippen LogP contribution in [0.5, 0.6) is 5.75 Å². The predicted octanol–water partition coefficient (Wildman–Crippen LogP) is 4.15. The van der Waals surface area contributed by atoms with Crippen molar-refractivity contribution in [2.24, 2.45) is 0 Å². The Bertz CT molecular complexity index is 603. The summed E-state index contributed by atoms with van der Waals surface area (Å²) in [6, 6.07) is 0. The Kier molecular flexibility index (Phi) is 3.76. The number of hydrogen-bond donors (Lipinski definition) is 1. The number of aliphatic carboxylic acids is 1. The molecular weight excluding hydrogens is 332 g/mol. The topological polar surface area (TPSA) is 46.5 Å². The van der Waals surface area contributed by atoms with Gasteiger partial charge < -0.3 is 9.84 Å². The molecule has 2 aliphatic carbocycles. The standard InChI is InChI=1S/C17H21BrO3/c1-10-11-5-3-4-6-12(11)15(18)16(21-2)14(10)17(7-8-17)9-13(19)20/h3-9H2,1-2H3,(H,19,20). The summed E-state index contributed by atoms with van der Waals surface area (Å²) in [5.74, 6) is 0.148. The Balaban J connectivity index is 2.20. The van der Waals surface area contributed by atoms with Gasteiger partial charge in [0.15, 0.2) is 0 Å². The molecule has 0 spiro atoms. The van der Waals surface area contributed by atoms with Gasteiger partial charge in [-0.05, 0) is 78.1 Å². The van der Waals surface area contributed by atoms with E-state index in [1.165, 1.54) is 29.5 Å². The van der Waals surface area contributed by atoms with Crippen LogP contribution < -0.4 is 4.74 Å². The van der Waals surface area contributed by atoms with E-state index in [9.17, 15) is 9.90 Å². The van der Waals surface area contributed by atoms with Crippen molar-refractivity contribution in [1.29, 1.82) is 0 Å². The fraction of sp³-hybridized carbons (Fsp3) is 0.588. The maximum Gasteiger partial charge on any atom is 0.304 e. The monoisotopic (exact) mass is 352 g/mol. The molecule has 1 saturated carbocycles. The summed E-state index contributed by atoms with van der Waals surface area (Å²) in [5.41, 5.74) is 4.98. The number of rotatable bonds is 4. The van der Waals surface area contributed by atoms with E-state index in [-0.39, 0.29) is 11.8 Å². The van der Waals surface area contributed by atoms with Gasteiger partial charge in [0, 0.05) is 11.0 Å². The lowest BCUT2D eigenvalue weighted by molar-refractivity contribution is -0.137. The number of fused-ring (bicyclic) bond motifs is 1. The summed E-state index contributed by atoms with van der Waals surface area (Å²) >= 11 is 3.73. The van der Waals surface area contributed by atoms with Gasteiger partial charge in [-0.2, -0.15) is 0 Å². The molecule has 0 saturated heterocycles. The van der Waals surface area contributed by atoms with E-state index in [1.54, 1.807) is 7.11 Å². The number of benzene rings is 1. The molecule has 21 heavy (non-hydrogen) atoms. The van der Waals surface area contributed by atoms with E-state index in [1.807, 2.05) is 0 Å². The highest BCUT2D eigenvalue weighted by atomic mass is 79.9. The smallest absolute Gasteiger partial charge is 0.304 e. The van der Waals surface area contributed by atoms with Crippen LogP contribution in [0.2, 0.25) is 0 Å². The lowest BCUT2D eigenvalue weighted by Gasteiger charge is -2.28. The van der Waals surface area contributed by atoms with Crippen molar-refractivity contribution < 1.29 is 14.6 Å². The van der Waals surface area contributed by atoms with Crippen LogP contribution in [-0.2, 0) is 23.1 Å². The molecule has 1 N–H and O–H groups in total. The average Bonchev–Trinajstić information content (AvgIpc) is 3.22. The molecule has 3 nitrogen and oxygen atoms in total.